The molecule has 0 saturated heterocycles. The summed E-state index contributed by atoms with van der Waals surface area (Å²) in [5.74, 6) is 0.742. The maximum absolute atomic E-state index is 11.0. The number of methoxy groups -OCH3 is 1. The summed E-state index contributed by atoms with van der Waals surface area (Å²) in [6, 6.07) is 7.70. The number of nitrogens with zero attached hydrogens (tertiary/aromatic N) is 1. The molecule has 0 bridgehead atoms. The van der Waals surface area contributed by atoms with Gasteiger partial charge in [0.15, 0.2) is 12.5 Å². The van der Waals surface area contributed by atoms with E-state index in [4.69, 9.17) is 9.15 Å². The van der Waals surface area contributed by atoms with Crippen LogP contribution < -0.4 is 10.1 Å². The molecule has 2 unspecified atom stereocenters. The number of aryl methyl sites for hydroxylation is 1. The van der Waals surface area contributed by atoms with Crippen molar-refractivity contribution in [1.29, 1.82) is 0 Å². The molecule has 0 fully saturated rings. The highest BCUT2D eigenvalue weighted by Crippen LogP contribution is 2.14. The SMILES string of the molecule is COC(=O)COc1ccc(CC(C)NCC(O)c2coc(C)n2)cc1. The average Bonchev–Trinajstić information content (AvgIpc) is 3.05. The topological polar surface area (TPSA) is 93.8 Å². The molecule has 136 valence electrons. The van der Waals surface area contributed by atoms with Crippen LogP contribution in [-0.2, 0) is 16.0 Å². The predicted octanol–water partition coefficient (Wildman–Crippen LogP) is 1.79. The number of carbonyl (C=O) groups excluding carboxylic acids is 1. The highest BCUT2D eigenvalue weighted by Gasteiger charge is 2.13. The van der Waals surface area contributed by atoms with Crippen LogP contribution in [0.1, 0.15) is 30.2 Å². The van der Waals surface area contributed by atoms with E-state index in [0.29, 0.717) is 23.9 Å². The van der Waals surface area contributed by atoms with Crippen LogP contribution in [0, 0.1) is 6.92 Å². The molecule has 2 rings (SSSR count). The maximum Gasteiger partial charge on any atom is 0.343 e. The third-order valence-electron chi connectivity index (χ3n) is 3.69. The van der Waals surface area contributed by atoms with Crippen molar-refractivity contribution in [3.8, 4) is 5.75 Å². The third-order valence-corrected chi connectivity index (χ3v) is 3.69. The normalized spacial score (nSPS) is 13.3. The average molecular weight is 348 g/mol. The van der Waals surface area contributed by atoms with Crippen molar-refractivity contribution < 1.29 is 23.8 Å². The fourth-order valence-corrected chi connectivity index (χ4v) is 2.30. The number of rotatable bonds is 9. The quantitative estimate of drug-likeness (QED) is 0.667. The Kier molecular flexibility index (Phi) is 6.97. The minimum absolute atomic E-state index is 0.104. The van der Waals surface area contributed by atoms with E-state index in [9.17, 15) is 9.90 Å². The van der Waals surface area contributed by atoms with Gasteiger partial charge in [0.25, 0.3) is 0 Å². The van der Waals surface area contributed by atoms with Gasteiger partial charge in [-0.15, -0.1) is 0 Å². The lowest BCUT2D eigenvalue weighted by Crippen LogP contribution is -2.32. The van der Waals surface area contributed by atoms with Crippen molar-refractivity contribution in [2.24, 2.45) is 0 Å². The summed E-state index contributed by atoms with van der Waals surface area (Å²) < 4.78 is 14.9. The largest absolute Gasteiger partial charge is 0.482 e. The molecule has 0 aliphatic heterocycles. The molecule has 25 heavy (non-hydrogen) atoms. The maximum atomic E-state index is 11.0. The zero-order valence-electron chi connectivity index (χ0n) is 14.7. The first-order valence-corrected chi connectivity index (χ1v) is 8.10. The van der Waals surface area contributed by atoms with E-state index in [-0.39, 0.29) is 12.6 Å². The molecular weight excluding hydrogens is 324 g/mol. The number of hydrogen-bond acceptors (Lipinski definition) is 7. The smallest absolute Gasteiger partial charge is 0.343 e. The standard InChI is InChI=1S/C18H24N2O5/c1-12(19-9-17(21)16-10-24-13(2)20-16)8-14-4-6-15(7-5-14)25-11-18(22)23-3/h4-7,10,12,17,19,21H,8-9,11H2,1-3H3. The zero-order chi connectivity index (χ0) is 18.2. The molecule has 2 aromatic rings. The van der Waals surface area contributed by atoms with Gasteiger partial charge in [-0.25, -0.2) is 9.78 Å². The van der Waals surface area contributed by atoms with Gasteiger partial charge in [0.1, 0.15) is 23.8 Å². The van der Waals surface area contributed by atoms with Crippen molar-refractivity contribution >= 4 is 5.97 Å². The van der Waals surface area contributed by atoms with Gasteiger partial charge in [0, 0.05) is 19.5 Å². The summed E-state index contributed by atoms with van der Waals surface area (Å²) >= 11 is 0. The fourth-order valence-electron chi connectivity index (χ4n) is 2.30. The van der Waals surface area contributed by atoms with Crippen molar-refractivity contribution in [2.45, 2.75) is 32.4 Å². The van der Waals surface area contributed by atoms with Crippen LogP contribution in [-0.4, -0.2) is 42.4 Å². The van der Waals surface area contributed by atoms with Crippen LogP contribution in [0.4, 0.5) is 0 Å². The van der Waals surface area contributed by atoms with E-state index in [0.717, 1.165) is 12.0 Å². The number of aromatic nitrogens is 1. The number of hydrogen-bond donors (Lipinski definition) is 2. The Morgan fingerprint density at radius 1 is 1.36 bits per heavy atom. The number of benzene rings is 1. The number of nitrogens with one attached hydrogen (secondary N) is 1. The minimum atomic E-state index is -0.700. The third kappa shape index (κ3) is 6.21. The Morgan fingerprint density at radius 2 is 2.08 bits per heavy atom. The van der Waals surface area contributed by atoms with Crippen molar-refractivity contribution in [3.63, 3.8) is 0 Å². The van der Waals surface area contributed by atoms with Crippen LogP contribution >= 0.6 is 0 Å². The Balaban J connectivity index is 1.76. The Morgan fingerprint density at radius 3 is 2.68 bits per heavy atom. The minimum Gasteiger partial charge on any atom is -0.482 e. The zero-order valence-corrected chi connectivity index (χ0v) is 14.7. The monoisotopic (exact) mass is 348 g/mol. The summed E-state index contributed by atoms with van der Waals surface area (Å²) in [5.41, 5.74) is 1.65. The van der Waals surface area contributed by atoms with Crippen LogP contribution in [0.3, 0.4) is 0 Å². The van der Waals surface area contributed by atoms with E-state index in [2.05, 4.69) is 15.0 Å². The van der Waals surface area contributed by atoms with E-state index >= 15 is 0 Å². The highest BCUT2D eigenvalue weighted by atomic mass is 16.6. The van der Waals surface area contributed by atoms with Gasteiger partial charge in [-0.1, -0.05) is 12.1 Å². The summed E-state index contributed by atoms with van der Waals surface area (Å²) in [6.07, 6.45) is 1.57. The number of oxazole rings is 1. The van der Waals surface area contributed by atoms with E-state index in [1.807, 2.05) is 31.2 Å². The molecule has 2 atom stereocenters. The molecule has 0 saturated carbocycles. The summed E-state index contributed by atoms with van der Waals surface area (Å²) in [4.78, 5) is 15.2. The van der Waals surface area contributed by atoms with Crippen LogP contribution in [0.25, 0.3) is 0 Å². The molecule has 1 heterocycles. The molecule has 7 heteroatoms. The van der Waals surface area contributed by atoms with Gasteiger partial charge in [-0.3, -0.25) is 0 Å². The van der Waals surface area contributed by atoms with Gasteiger partial charge >= 0.3 is 5.97 Å². The molecule has 0 radical (unpaired) electrons. The fraction of sp³-hybridized carbons (Fsp3) is 0.444. The Bertz CT molecular complexity index is 668. The molecule has 2 N–H and O–H groups in total. The Hall–Kier alpha value is -2.38. The molecular formula is C18H24N2O5. The van der Waals surface area contributed by atoms with Gasteiger partial charge < -0.3 is 24.3 Å². The molecule has 1 aromatic carbocycles. The second kappa shape index (κ2) is 9.19. The number of aliphatic hydroxyl groups excluding tert-OH is 1. The van der Waals surface area contributed by atoms with Gasteiger partial charge in [-0.2, -0.15) is 0 Å². The molecule has 0 spiro atoms. The first-order chi connectivity index (χ1) is 12.0. The number of carbonyl (C=O) groups is 1. The van der Waals surface area contributed by atoms with Gasteiger partial charge in [0.2, 0.25) is 0 Å². The van der Waals surface area contributed by atoms with Gasteiger partial charge in [0.05, 0.1) is 7.11 Å². The van der Waals surface area contributed by atoms with Crippen molar-refractivity contribution in [1.82, 2.24) is 10.3 Å². The summed E-state index contributed by atoms with van der Waals surface area (Å²) in [6.45, 7) is 4.08. The molecule has 1 aromatic heterocycles. The summed E-state index contributed by atoms with van der Waals surface area (Å²) in [7, 11) is 1.32. The first kappa shape index (κ1) is 19.0. The lowest BCUT2D eigenvalue weighted by molar-refractivity contribution is -0.142. The number of ether oxygens (including phenoxy) is 2. The van der Waals surface area contributed by atoms with Crippen LogP contribution in [0.2, 0.25) is 0 Å². The number of esters is 1. The van der Waals surface area contributed by atoms with E-state index in [1.165, 1.54) is 13.4 Å². The molecule has 0 aliphatic carbocycles. The summed E-state index contributed by atoms with van der Waals surface area (Å²) in [5, 5.41) is 13.3. The van der Waals surface area contributed by atoms with Crippen molar-refractivity contribution in [2.75, 3.05) is 20.3 Å². The highest BCUT2D eigenvalue weighted by molar-refractivity contribution is 5.70. The van der Waals surface area contributed by atoms with Crippen LogP contribution in [0.5, 0.6) is 5.75 Å². The first-order valence-electron chi connectivity index (χ1n) is 8.10. The van der Waals surface area contributed by atoms with Crippen molar-refractivity contribution in [3.05, 3.63) is 47.7 Å². The molecule has 0 amide bonds. The lowest BCUT2D eigenvalue weighted by atomic mass is 10.1. The Labute approximate surface area is 147 Å². The predicted molar refractivity (Wildman–Crippen MR) is 91.3 cm³/mol. The van der Waals surface area contributed by atoms with E-state index in [1.54, 1.807) is 6.92 Å². The second-order valence-corrected chi connectivity index (χ2v) is 5.83. The lowest BCUT2D eigenvalue weighted by Gasteiger charge is -2.16. The molecule has 0 aliphatic rings. The second-order valence-electron chi connectivity index (χ2n) is 5.83. The number of aliphatic hydroxyl groups is 1. The molecule has 7 nitrogen and oxygen atoms in total. The van der Waals surface area contributed by atoms with E-state index < -0.39 is 12.1 Å². The van der Waals surface area contributed by atoms with Gasteiger partial charge in [-0.05, 0) is 31.0 Å². The van der Waals surface area contributed by atoms with Crippen LogP contribution in [0.15, 0.2) is 34.9 Å².